The van der Waals surface area contributed by atoms with E-state index in [-0.39, 0.29) is 5.69 Å². The molecule has 0 saturated carbocycles. The number of aromatic carboxylic acids is 1. The topological polar surface area (TPSA) is 55.1 Å². The second-order valence-electron chi connectivity index (χ2n) is 6.31. The molecule has 1 aromatic heterocycles. The Morgan fingerprint density at radius 2 is 1.92 bits per heavy atom. The van der Waals surface area contributed by atoms with E-state index in [4.69, 9.17) is 0 Å². The number of carboxylic acids is 1. The molecule has 4 heteroatoms. The summed E-state index contributed by atoms with van der Waals surface area (Å²) in [5, 5.41) is 13.7. The normalized spacial score (nSPS) is 13.0. The number of carbonyl (C=O) groups is 1. The Morgan fingerprint density at radius 3 is 2.71 bits per heavy atom. The van der Waals surface area contributed by atoms with Gasteiger partial charge in [0, 0.05) is 5.56 Å². The molecule has 0 fully saturated rings. The van der Waals surface area contributed by atoms with Gasteiger partial charge < -0.3 is 5.11 Å². The highest BCUT2D eigenvalue weighted by Crippen LogP contribution is 2.30. The number of rotatable bonds is 3. The molecule has 4 nitrogen and oxygen atoms in total. The first-order valence-corrected chi connectivity index (χ1v) is 8.14. The molecular weight excluding hydrogens is 300 g/mol. The highest BCUT2D eigenvalue weighted by molar-refractivity contribution is 5.87. The van der Waals surface area contributed by atoms with Gasteiger partial charge in [0.2, 0.25) is 0 Å². The summed E-state index contributed by atoms with van der Waals surface area (Å²) in [6, 6.07) is 16.0. The monoisotopic (exact) mass is 318 g/mol. The largest absolute Gasteiger partial charge is 0.476 e. The lowest BCUT2D eigenvalue weighted by Gasteiger charge is -2.10. The zero-order chi connectivity index (χ0) is 16.7. The fraction of sp³-hybridized carbons (Fsp3) is 0.200. The number of hydrogen-bond donors (Lipinski definition) is 1. The van der Waals surface area contributed by atoms with E-state index >= 15 is 0 Å². The number of aromatic nitrogens is 2. The fourth-order valence-corrected chi connectivity index (χ4v) is 3.38. The van der Waals surface area contributed by atoms with Crippen LogP contribution in [0.25, 0.3) is 16.9 Å². The van der Waals surface area contributed by atoms with E-state index in [1.54, 1.807) is 10.7 Å². The third kappa shape index (κ3) is 2.50. The van der Waals surface area contributed by atoms with Gasteiger partial charge in [0.15, 0.2) is 5.69 Å². The summed E-state index contributed by atoms with van der Waals surface area (Å²) < 4.78 is 1.73. The zero-order valence-corrected chi connectivity index (χ0v) is 13.5. The molecule has 0 saturated heterocycles. The predicted molar refractivity (Wildman–Crippen MR) is 92.7 cm³/mol. The van der Waals surface area contributed by atoms with Crippen molar-refractivity contribution in [2.45, 2.75) is 26.2 Å². The molecule has 24 heavy (non-hydrogen) atoms. The van der Waals surface area contributed by atoms with E-state index in [0.29, 0.717) is 0 Å². The van der Waals surface area contributed by atoms with E-state index in [9.17, 15) is 9.90 Å². The summed E-state index contributed by atoms with van der Waals surface area (Å²) in [6.45, 7) is 2.01. The maximum atomic E-state index is 11.4. The van der Waals surface area contributed by atoms with Crippen LogP contribution in [-0.2, 0) is 12.8 Å². The van der Waals surface area contributed by atoms with Crippen molar-refractivity contribution < 1.29 is 9.90 Å². The predicted octanol–water partition coefficient (Wildman–Crippen LogP) is 4.03. The summed E-state index contributed by atoms with van der Waals surface area (Å²) in [4.78, 5) is 11.4. The van der Waals surface area contributed by atoms with Crippen LogP contribution in [0.3, 0.4) is 0 Å². The molecule has 4 rings (SSSR count). The van der Waals surface area contributed by atoms with Crippen molar-refractivity contribution in [2.75, 3.05) is 0 Å². The van der Waals surface area contributed by atoms with E-state index in [1.165, 1.54) is 17.5 Å². The Bertz CT molecular complexity index is 941. The van der Waals surface area contributed by atoms with Crippen LogP contribution >= 0.6 is 0 Å². The van der Waals surface area contributed by atoms with Crippen molar-refractivity contribution >= 4 is 5.97 Å². The SMILES string of the molecule is Cc1cccc(-n2nc(C(=O)O)cc2-c2ccc3c(c2)CCC3)c1. The summed E-state index contributed by atoms with van der Waals surface area (Å²) in [5.74, 6) is -1.01. The molecule has 1 N–H and O–H groups in total. The Morgan fingerprint density at radius 1 is 1.08 bits per heavy atom. The fourth-order valence-electron chi connectivity index (χ4n) is 3.38. The minimum Gasteiger partial charge on any atom is -0.476 e. The molecule has 0 radical (unpaired) electrons. The lowest BCUT2D eigenvalue weighted by atomic mass is 10.0. The standard InChI is InChI=1S/C20H18N2O2/c1-13-4-2-7-17(10-13)22-19(12-18(21-22)20(23)24)16-9-8-14-5-3-6-15(14)11-16/h2,4,7-12H,3,5-6H2,1H3,(H,23,24). The first-order chi connectivity index (χ1) is 11.6. The average molecular weight is 318 g/mol. The van der Waals surface area contributed by atoms with Crippen molar-refractivity contribution in [2.24, 2.45) is 0 Å². The van der Waals surface area contributed by atoms with E-state index in [0.717, 1.165) is 35.3 Å². The van der Waals surface area contributed by atoms with Gasteiger partial charge >= 0.3 is 5.97 Å². The quantitative estimate of drug-likeness (QED) is 0.793. The van der Waals surface area contributed by atoms with Gasteiger partial charge in [-0.25, -0.2) is 9.48 Å². The summed E-state index contributed by atoms with van der Waals surface area (Å²) >= 11 is 0. The van der Waals surface area contributed by atoms with Gasteiger partial charge in [-0.2, -0.15) is 5.10 Å². The van der Waals surface area contributed by atoms with Crippen LogP contribution in [-0.4, -0.2) is 20.9 Å². The molecule has 3 aromatic rings. The molecule has 1 aliphatic carbocycles. The average Bonchev–Trinajstić information content (AvgIpc) is 3.21. The Hall–Kier alpha value is -2.88. The lowest BCUT2D eigenvalue weighted by Crippen LogP contribution is -2.02. The minimum absolute atomic E-state index is 0.0620. The molecule has 0 spiro atoms. The van der Waals surface area contributed by atoms with Crippen molar-refractivity contribution in [3.05, 3.63) is 70.9 Å². The number of fused-ring (bicyclic) bond motifs is 1. The van der Waals surface area contributed by atoms with Gasteiger partial charge in [0.25, 0.3) is 0 Å². The molecule has 1 heterocycles. The molecule has 0 atom stereocenters. The third-order valence-electron chi connectivity index (χ3n) is 4.57. The van der Waals surface area contributed by atoms with Crippen molar-refractivity contribution in [1.82, 2.24) is 9.78 Å². The van der Waals surface area contributed by atoms with Crippen LogP contribution in [0.1, 0.15) is 33.6 Å². The lowest BCUT2D eigenvalue weighted by molar-refractivity contribution is 0.0690. The van der Waals surface area contributed by atoms with Crippen molar-refractivity contribution in [3.8, 4) is 16.9 Å². The highest BCUT2D eigenvalue weighted by Gasteiger charge is 2.18. The van der Waals surface area contributed by atoms with Gasteiger partial charge in [-0.05, 0) is 67.1 Å². The highest BCUT2D eigenvalue weighted by atomic mass is 16.4. The number of hydrogen-bond acceptors (Lipinski definition) is 2. The third-order valence-corrected chi connectivity index (χ3v) is 4.57. The Kier molecular flexibility index (Phi) is 3.45. The van der Waals surface area contributed by atoms with E-state index in [2.05, 4.69) is 23.3 Å². The van der Waals surface area contributed by atoms with Gasteiger partial charge in [0.05, 0.1) is 11.4 Å². The second kappa shape index (κ2) is 5.64. The molecule has 0 bridgehead atoms. The summed E-state index contributed by atoms with van der Waals surface area (Å²) in [7, 11) is 0. The van der Waals surface area contributed by atoms with E-state index in [1.807, 2.05) is 31.2 Å². The molecule has 120 valence electrons. The van der Waals surface area contributed by atoms with Crippen molar-refractivity contribution in [1.29, 1.82) is 0 Å². The van der Waals surface area contributed by atoms with Gasteiger partial charge in [-0.1, -0.05) is 24.3 Å². The smallest absolute Gasteiger partial charge is 0.356 e. The number of nitrogens with zero attached hydrogens (tertiary/aromatic N) is 2. The first-order valence-electron chi connectivity index (χ1n) is 8.14. The summed E-state index contributed by atoms with van der Waals surface area (Å²) in [6.07, 6.45) is 3.41. The Labute approximate surface area is 140 Å². The molecule has 0 amide bonds. The second-order valence-corrected chi connectivity index (χ2v) is 6.31. The van der Waals surface area contributed by atoms with Crippen LogP contribution < -0.4 is 0 Å². The molecular formula is C20H18N2O2. The molecule has 2 aromatic carbocycles. The van der Waals surface area contributed by atoms with Crippen LogP contribution in [0.5, 0.6) is 0 Å². The first kappa shape index (κ1) is 14.7. The number of benzene rings is 2. The maximum Gasteiger partial charge on any atom is 0.356 e. The minimum atomic E-state index is -1.01. The van der Waals surface area contributed by atoms with Crippen LogP contribution in [0, 0.1) is 6.92 Å². The van der Waals surface area contributed by atoms with E-state index < -0.39 is 5.97 Å². The number of carboxylic acid groups (broad SMARTS) is 1. The van der Waals surface area contributed by atoms with Crippen LogP contribution in [0.2, 0.25) is 0 Å². The van der Waals surface area contributed by atoms with Gasteiger partial charge in [0.1, 0.15) is 0 Å². The molecule has 0 unspecified atom stereocenters. The Balaban J connectivity index is 1.89. The van der Waals surface area contributed by atoms with Gasteiger partial charge in [-0.3, -0.25) is 0 Å². The molecule has 0 aliphatic heterocycles. The van der Waals surface area contributed by atoms with Crippen LogP contribution in [0.4, 0.5) is 0 Å². The summed E-state index contributed by atoms with van der Waals surface area (Å²) in [5.41, 5.74) is 6.63. The number of aryl methyl sites for hydroxylation is 3. The zero-order valence-electron chi connectivity index (χ0n) is 13.5. The maximum absolute atomic E-state index is 11.4. The van der Waals surface area contributed by atoms with Crippen molar-refractivity contribution in [3.63, 3.8) is 0 Å². The van der Waals surface area contributed by atoms with Gasteiger partial charge in [-0.15, -0.1) is 0 Å². The molecule has 1 aliphatic rings. The van der Waals surface area contributed by atoms with Crippen LogP contribution in [0.15, 0.2) is 48.5 Å².